The van der Waals surface area contributed by atoms with Gasteiger partial charge in [0.05, 0.1) is 0 Å². The molecule has 0 unspecified atom stereocenters. The van der Waals surface area contributed by atoms with Crippen LogP contribution in [0.5, 0.6) is 0 Å². The third-order valence-corrected chi connectivity index (χ3v) is 7.39. The standard InChI is InChI=1S/C25H26F5N5O3/c1-35-17(6-9-31-35)22(37)34-20(14-4-7-24(26,27)8-5-14)23-32-16-11-13(2-3-18(16)38-23)10-15-12-19(25(28,29)30)33-21(15)36/h2-3,6,9,11,14-15,19-20H,4-5,7-8,10,12H2,1H3,(H,33,36)(H,34,37)/t15-,19-,20-/m0/s1. The molecule has 3 atom stereocenters. The Morgan fingerprint density at radius 1 is 1.26 bits per heavy atom. The molecule has 2 N–H and O–H groups in total. The minimum Gasteiger partial charge on any atom is -0.438 e. The average Bonchev–Trinajstić information content (AvgIpc) is 3.56. The molecule has 2 amide bonds. The van der Waals surface area contributed by atoms with Crippen LogP contribution in [0.1, 0.15) is 60.1 Å². The van der Waals surface area contributed by atoms with Crippen LogP contribution >= 0.6 is 0 Å². The maximum Gasteiger partial charge on any atom is 0.408 e. The maximum absolute atomic E-state index is 13.8. The van der Waals surface area contributed by atoms with Gasteiger partial charge in [-0.15, -0.1) is 0 Å². The van der Waals surface area contributed by atoms with Gasteiger partial charge in [-0.1, -0.05) is 6.07 Å². The summed E-state index contributed by atoms with van der Waals surface area (Å²) in [5.41, 5.74) is 1.65. The molecule has 1 saturated carbocycles. The highest BCUT2D eigenvalue weighted by Crippen LogP contribution is 2.42. The number of rotatable bonds is 6. The number of aryl methyl sites for hydroxylation is 1. The van der Waals surface area contributed by atoms with Crippen LogP contribution in [0.15, 0.2) is 34.9 Å². The second-order valence-electron chi connectivity index (χ2n) is 10.1. The number of amides is 2. The summed E-state index contributed by atoms with van der Waals surface area (Å²) in [5, 5.41) is 8.86. The number of carbonyl (C=O) groups excluding carboxylic acids is 2. The SMILES string of the molecule is Cn1nccc1C(=O)N[C@H](c1nc2cc(C[C@H]3C[C@@H](C(F)(F)F)NC3=O)ccc2o1)C1CCC(F)(F)CC1. The summed E-state index contributed by atoms with van der Waals surface area (Å²) in [4.78, 5) is 29.6. The first kappa shape index (κ1) is 26.1. The summed E-state index contributed by atoms with van der Waals surface area (Å²) in [7, 11) is 1.60. The number of nitrogens with zero attached hydrogens (tertiary/aromatic N) is 3. The van der Waals surface area contributed by atoms with Gasteiger partial charge >= 0.3 is 6.18 Å². The highest BCUT2D eigenvalue weighted by atomic mass is 19.4. The summed E-state index contributed by atoms with van der Waals surface area (Å²) in [6, 6.07) is 3.76. The Bertz CT molecular complexity index is 1340. The molecular formula is C25H26F5N5O3. The van der Waals surface area contributed by atoms with Crippen molar-refractivity contribution in [3.8, 4) is 0 Å². The summed E-state index contributed by atoms with van der Waals surface area (Å²) in [5.74, 6) is -4.90. The highest BCUT2D eigenvalue weighted by Gasteiger charge is 2.47. The van der Waals surface area contributed by atoms with Gasteiger partial charge in [-0.05, 0) is 55.4 Å². The number of hydrogen-bond donors (Lipinski definition) is 2. The molecule has 1 saturated heterocycles. The Balaban J connectivity index is 1.38. The molecule has 1 aliphatic heterocycles. The van der Waals surface area contributed by atoms with Gasteiger partial charge in [0.25, 0.3) is 5.91 Å². The molecule has 1 aliphatic carbocycles. The first-order chi connectivity index (χ1) is 17.9. The van der Waals surface area contributed by atoms with Crippen LogP contribution in [0, 0.1) is 11.8 Å². The van der Waals surface area contributed by atoms with Gasteiger partial charge in [0.1, 0.15) is 23.3 Å². The van der Waals surface area contributed by atoms with Crippen molar-refractivity contribution in [3.05, 3.63) is 47.6 Å². The molecule has 5 rings (SSSR count). The first-order valence-corrected chi connectivity index (χ1v) is 12.3. The molecule has 2 aliphatic rings. The minimum atomic E-state index is -4.51. The number of oxazole rings is 1. The topological polar surface area (TPSA) is 102 Å². The lowest BCUT2D eigenvalue weighted by Gasteiger charge is -2.32. The Labute approximate surface area is 214 Å². The molecule has 0 bridgehead atoms. The fourth-order valence-electron chi connectivity index (χ4n) is 5.26. The van der Waals surface area contributed by atoms with Crippen molar-refractivity contribution in [2.75, 3.05) is 0 Å². The van der Waals surface area contributed by atoms with Crippen LogP contribution in [-0.2, 0) is 18.3 Å². The van der Waals surface area contributed by atoms with Crippen molar-refractivity contribution in [2.45, 2.75) is 62.7 Å². The van der Waals surface area contributed by atoms with E-state index in [0.29, 0.717) is 16.7 Å². The summed E-state index contributed by atoms with van der Waals surface area (Å²) in [6.07, 6.45) is -3.62. The predicted molar refractivity (Wildman–Crippen MR) is 124 cm³/mol. The van der Waals surface area contributed by atoms with E-state index in [-0.39, 0.29) is 56.0 Å². The molecule has 1 aromatic carbocycles. The number of hydrogen-bond acceptors (Lipinski definition) is 5. The van der Waals surface area contributed by atoms with E-state index in [1.54, 1.807) is 25.2 Å². The van der Waals surface area contributed by atoms with Crippen molar-refractivity contribution in [2.24, 2.45) is 18.9 Å². The van der Waals surface area contributed by atoms with Crippen molar-refractivity contribution >= 4 is 22.9 Å². The van der Waals surface area contributed by atoms with Gasteiger partial charge in [-0.25, -0.2) is 13.8 Å². The van der Waals surface area contributed by atoms with Crippen molar-refractivity contribution in [1.29, 1.82) is 0 Å². The molecule has 3 heterocycles. The van der Waals surface area contributed by atoms with Crippen LogP contribution in [0.4, 0.5) is 22.0 Å². The maximum atomic E-state index is 13.8. The number of halogens is 5. The van der Waals surface area contributed by atoms with E-state index in [0.717, 1.165) is 0 Å². The van der Waals surface area contributed by atoms with E-state index >= 15 is 0 Å². The van der Waals surface area contributed by atoms with Crippen LogP contribution < -0.4 is 10.6 Å². The summed E-state index contributed by atoms with van der Waals surface area (Å²) < 4.78 is 74.1. The van der Waals surface area contributed by atoms with E-state index in [1.165, 1.54) is 16.9 Å². The predicted octanol–water partition coefficient (Wildman–Crippen LogP) is 4.47. The molecule has 2 fully saturated rings. The lowest BCUT2D eigenvalue weighted by molar-refractivity contribution is -0.154. The molecule has 3 aromatic rings. The van der Waals surface area contributed by atoms with Gasteiger partial charge in [0.15, 0.2) is 5.58 Å². The van der Waals surface area contributed by atoms with Crippen LogP contribution in [0.3, 0.4) is 0 Å². The van der Waals surface area contributed by atoms with Gasteiger partial charge in [0.2, 0.25) is 17.7 Å². The van der Waals surface area contributed by atoms with Crippen LogP contribution in [0.25, 0.3) is 11.1 Å². The highest BCUT2D eigenvalue weighted by molar-refractivity contribution is 5.92. The van der Waals surface area contributed by atoms with Gasteiger partial charge in [0, 0.05) is 32.0 Å². The molecule has 2 aromatic heterocycles. The van der Waals surface area contributed by atoms with E-state index < -0.39 is 41.9 Å². The number of benzene rings is 1. The minimum absolute atomic E-state index is 0.0922. The Morgan fingerprint density at radius 3 is 2.63 bits per heavy atom. The molecule has 13 heteroatoms. The second kappa shape index (κ2) is 9.66. The van der Waals surface area contributed by atoms with Crippen molar-refractivity contribution in [1.82, 2.24) is 25.4 Å². The number of alkyl halides is 5. The molecule has 38 heavy (non-hydrogen) atoms. The van der Waals surface area contributed by atoms with Crippen LogP contribution in [-0.4, -0.2) is 44.7 Å². The first-order valence-electron chi connectivity index (χ1n) is 12.3. The lowest BCUT2D eigenvalue weighted by atomic mass is 9.82. The fourth-order valence-corrected chi connectivity index (χ4v) is 5.26. The largest absolute Gasteiger partial charge is 0.438 e. The smallest absolute Gasteiger partial charge is 0.408 e. The normalized spacial score (nSPS) is 22.9. The summed E-state index contributed by atoms with van der Waals surface area (Å²) in [6.45, 7) is 0. The Hall–Kier alpha value is -3.51. The van der Waals surface area contributed by atoms with Gasteiger partial charge in [-0.3, -0.25) is 14.3 Å². The zero-order valence-corrected chi connectivity index (χ0v) is 20.4. The quantitative estimate of drug-likeness (QED) is 0.451. The van der Waals surface area contributed by atoms with E-state index in [9.17, 15) is 31.5 Å². The number of carbonyl (C=O) groups is 2. The molecule has 8 nitrogen and oxygen atoms in total. The monoisotopic (exact) mass is 539 g/mol. The van der Waals surface area contributed by atoms with Crippen LogP contribution in [0.2, 0.25) is 0 Å². The number of nitrogens with one attached hydrogen (secondary N) is 2. The Morgan fingerprint density at radius 2 is 2.00 bits per heavy atom. The third kappa shape index (κ3) is 5.37. The van der Waals surface area contributed by atoms with E-state index in [1.807, 2.05) is 5.32 Å². The number of fused-ring (bicyclic) bond motifs is 1. The summed E-state index contributed by atoms with van der Waals surface area (Å²) >= 11 is 0. The van der Waals surface area contributed by atoms with Gasteiger partial charge < -0.3 is 15.1 Å². The van der Waals surface area contributed by atoms with E-state index in [4.69, 9.17) is 4.42 Å². The van der Waals surface area contributed by atoms with Crippen molar-refractivity contribution < 1.29 is 36.0 Å². The Kier molecular flexibility index (Phi) is 6.64. The lowest BCUT2D eigenvalue weighted by Crippen LogP contribution is -2.38. The molecule has 0 spiro atoms. The van der Waals surface area contributed by atoms with Crippen molar-refractivity contribution in [3.63, 3.8) is 0 Å². The third-order valence-electron chi connectivity index (χ3n) is 7.39. The second-order valence-corrected chi connectivity index (χ2v) is 10.1. The fraction of sp³-hybridized carbons (Fsp3) is 0.520. The molecular weight excluding hydrogens is 513 g/mol. The molecule has 204 valence electrons. The number of aromatic nitrogens is 3. The molecule has 0 radical (unpaired) electrons. The zero-order valence-electron chi connectivity index (χ0n) is 20.4. The van der Waals surface area contributed by atoms with E-state index in [2.05, 4.69) is 15.4 Å². The van der Waals surface area contributed by atoms with Gasteiger partial charge in [-0.2, -0.15) is 18.3 Å². The average molecular weight is 540 g/mol. The zero-order chi connectivity index (χ0) is 27.2.